The number of carbonyl (C=O) groups excluding carboxylic acids is 2. The Balaban J connectivity index is 1.89. The Morgan fingerprint density at radius 1 is 1.27 bits per heavy atom. The van der Waals surface area contributed by atoms with Gasteiger partial charge < -0.3 is 10.0 Å². The summed E-state index contributed by atoms with van der Waals surface area (Å²) in [6, 6.07) is 6.56. The number of hydrazone groups is 1. The normalized spacial score (nSPS) is 16.3. The van der Waals surface area contributed by atoms with Crippen LogP contribution in [0.5, 0.6) is 5.75 Å². The molecule has 1 aromatic rings. The molecule has 0 radical (unpaired) electrons. The van der Waals surface area contributed by atoms with Gasteiger partial charge >= 0.3 is 0 Å². The largest absolute Gasteiger partial charge is 0.508 e. The van der Waals surface area contributed by atoms with Gasteiger partial charge in [-0.05, 0) is 49.6 Å². The Labute approximate surface area is 129 Å². The van der Waals surface area contributed by atoms with Crippen molar-refractivity contribution < 1.29 is 14.7 Å². The standard InChI is InChI=1S/C16H21N3O3/c1-12(13-6-8-14(20)9-7-13)17-18-15(21)11-19-10-4-2-3-5-16(19)22/h6-9,20H,2-5,10-11H2,1H3,(H,18,21)/b17-12+. The van der Waals surface area contributed by atoms with E-state index in [-0.39, 0.29) is 24.1 Å². The summed E-state index contributed by atoms with van der Waals surface area (Å²) in [5.74, 6) is -0.0828. The lowest BCUT2D eigenvalue weighted by Crippen LogP contribution is -2.39. The molecule has 1 saturated heterocycles. The first-order chi connectivity index (χ1) is 10.6. The minimum atomic E-state index is -0.298. The molecule has 6 nitrogen and oxygen atoms in total. The molecule has 2 N–H and O–H groups in total. The van der Waals surface area contributed by atoms with Gasteiger partial charge in [0.05, 0.1) is 5.71 Å². The van der Waals surface area contributed by atoms with Gasteiger partial charge in [0.25, 0.3) is 5.91 Å². The smallest absolute Gasteiger partial charge is 0.259 e. The van der Waals surface area contributed by atoms with Gasteiger partial charge in [-0.2, -0.15) is 5.10 Å². The van der Waals surface area contributed by atoms with Crippen LogP contribution in [0.15, 0.2) is 29.4 Å². The number of hydrogen-bond donors (Lipinski definition) is 2. The highest BCUT2D eigenvalue weighted by Gasteiger charge is 2.18. The van der Waals surface area contributed by atoms with E-state index >= 15 is 0 Å². The van der Waals surface area contributed by atoms with E-state index in [1.54, 1.807) is 36.1 Å². The van der Waals surface area contributed by atoms with Crippen LogP contribution in [0.1, 0.15) is 38.2 Å². The molecule has 0 spiro atoms. The van der Waals surface area contributed by atoms with Crippen LogP contribution in [-0.4, -0.2) is 40.6 Å². The predicted molar refractivity (Wildman–Crippen MR) is 83.5 cm³/mol. The molecule has 1 aliphatic rings. The predicted octanol–water partition coefficient (Wildman–Crippen LogP) is 1.63. The van der Waals surface area contributed by atoms with Crippen molar-refractivity contribution >= 4 is 17.5 Å². The molecule has 0 aliphatic carbocycles. The molecule has 6 heteroatoms. The number of nitrogens with one attached hydrogen (secondary N) is 1. The van der Waals surface area contributed by atoms with Gasteiger partial charge in [0, 0.05) is 13.0 Å². The fourth-order valence-electron chi connectivity index (χ4n) is 2.33. The number of likely N-dealkylation sites (tertiary alicyclic amines) is 1. The van der Waals surface area contributed by atoms with Gasteiger partial charge in [-0.3, -0.25) is 9.59 Å². The lowest BCUT2D eigenvalue weighted by Gasteiger charge is -2.19. The topological polar surface area (TPSA) is 82.0 Å². The quantitative estimate of drug-likeness (QED) is 0.655. The molecule has 0 saturated carbocycles. The highest BCUT2D eigenvalue weighted by atomic mass is 16.3. The van der Waals surface area contributed by atoms with Crippen molar-refractivity contribution in [3.05, 3.63) is 29.8 Å². The van der Waals surface area contributed by atoms with Crippen LogP contribution in [0.25, 0.3) is 0 Å². The summed E-state index contributed by atoms with van der Waals surface area (Å²) in [5, 5.41) is 13.3. The minimum absolute atomic E-state index is 0.0342. The third kappa shape index (κ3) is 4.58. The number of phenols is 1. The minimum Gasteiger partial charge on any atom is -0.508 e. The van der Waals surface area contributed by atoms with Crippen molar-refractivity contribution in [3.63, 3.8) is 0 Å². The summed E-state index contributed by atoms with van der Waals surface area (Å²) >= 11 is 0. The zero-order valence-corrected chi connectivity index (χ0v) is 12.7. The first-order valence-corrected chi connectivity index (χ1v) is 7.46. The maximum absolute atomic E-state index is 11.9. The lowest BCUT2D eigenvalue weighted by atomic mass is 10.1. The SMILES string of the molecule is C/C(=N\NC(=O)CN1CCCCCC1=O)c1ccc(O)cc1. The molecule has 0 unspecified atom stereocenters. The number of phenolic OH excluding ortho intramolecular Hbond substituents is 1. The second-order valence-corrected chi connectivity index (χ2v) is 5.41. The Bertz CT molecular complexity index is 567. The van der Waals surface area contributed by atoms with Crippen LogP contribution in [-0.2, 0) is 9.59 Å². The fourth-order valence-corrected chi connectivity index (χ4v) is 2.33. The molecular formula is C16H21N3O3. The Hall–Kier alpha value is -2.37. The van der Waals surface area contributed by atoms with Gasteiger partial charge in [-0.1, -0.05) is 6.42 Å². The van der Waals surface area contributed by atoms with Crippen molar-refractivity contribution in [2.75, 3.05) is 13.1 Å². The van der Waals surface area contributed by atoms with Crippen LogP contribution in [0, 0.1) is 0 Å². The Kier molecular flexibility index (Phi) is 5.52. The second kappa shape index (κ2) is 7.59. The number of hydrogen-bond acceptors (Lipinski definition) is 4. The molecule has 22 heavy (non-hydrogen) atoms. The molecular weight excluding hydrogens is 282 g/mol. The first kappa shape index (κ1) is 16.0. The number of nitrogens with zero attached hydrogens (tertiary/aromatic N) is 2. The van der Waals surface area contributed by atoms with E-state index in [0.29, 0.717) is 18.7 Å². The number of amides is 2. The number of carbonyl (C=O) groups is 2. The molecule has 1 fully saturated rings. The van der Waals surface area contributed by atoms with E-state index in [9.17, 15) is 14.7 Å². The highest BCUT2D eigenvalue weighted by molar-refractivity contribution is 5.99. The summed E-state index contributed by atoms with van der Waals surface area (Å²) in [6.07, 6.45) is 3.38. The summed E-state index contributed by atoms with van der Waals surface area (Å²) in [4.78, 5) is 25.3. The first-order valence-electron chi connectivity index (χ1n) is 7.46. The molecule has 2 rings (SSSR count). The van der Waals surface area contributed by atoms with E-state index in [1.807, 2.05) is 0 Å². The molecule has 0 aromatic heterocycles. The summed E-state index contributed by atoms with van der Waals surface area (Å²) in [5.41, 5.74) is 3.92. The van der Waals surface area contributed by atoms with Crippen molar-refractivity contribution in [2.24, 2.45) is 5.10 Å². The molecule has 1 heterocycles. The van der Waals surface area contributed by atoms with Crippen LogP contribution < -0.4 is 5.43 Å². The third-order valence-corrected chi connectivity index (χ3v) is 3.64. The maximum atomic E-state index is 11.9. The zero-order chi connectivity index (χ0) is 15.9. The van der Waals surface area contributed by atoms with Crippen molar-refractivity contribution in [1.82, 2.24) is 10.3 Å². The summed E-state index contributed by atoms with van der Waals surface area (Å²) in [6.45, 7) is 2.45. The molecule has 1 aromatic carbocycles. The summed E-state index contributed by atoms with van der Waals surface area (Å²) in [7, 11) is 0. The van der Waals surface area contributed by atoms with E-state index in [0.717, 1.165) is 24.8 Å². The molecule has 0 bridgehead atoms. The van der Waals surface area contributed by atoms with Gasteiger partial charge in [0.15, 0.2) is 0 Å². The fraction of sp³-hybridized carbons (Fsp3) is 0.438. The maximum Gasteiger partial charge on any atom is 0.259 e. The Morgan fingerprint density at radius 3 is 2.73 bits per heavy atom. The van der Waals surface area contributed by atoms with Crippen LogP contribution >= 0.6 is 0 Å². The lowest BCUT2D eigenvalue weighted by molar-refractivity contribution is -0.135. The van der Waals surface area contributed by atoms with Gasteiger partial charge in [0.1, 0.15) is 12.3 Å². The number of rotatable bonds is 4. The average Bonchev–Trinajstić information content (AvgIpc) is 2.70. The monoisotopic (exact) mass is 303 g/mol. The average molecular weight is 303 g/mol. The van der Waals surface area contributed by atoms with Crippen molar-refractivity contribution in [2.45, 2.75) is 32.6 Å². The molecule has 2 amide bonds. The van der Waals surface area contributed by atoms with Crippen LogP contribution in [0.4, 0.5) is 0 Å². The zero-order valence-electron chi connectivity index (χ0n) is 12.7. The van der Waals surface area contributed by atoms with E-state index in [2.05, 4.69) is 10.5 Å². The van der Waals surface area contributed by atoms with Gasteiger partial charge in [0.2, 0.25) is 5.91 Å². The van der Waals surface area contributed by atoms with E-state index in [4.69, 9.17) is 0 Å². The molecule has 1 aliphatic heterocycles. The van der Waals surface area contributed by atoms with E-state index < -0.39 is 0 Å². The van der Waals surface area contributed by atoms with Crippen molar-refractivity contribution in [3.8, 4) is 5.75 Å². The molecule has 0 atom stereocenters. The third-order valence-electron chi connectivity index (χ3n) is 3.64. The van der Waals surface area contributed by atoms with E-state index in [1.165, 1.54) is 0 Å². The van der Waals surface area contributed by atoms with Crippen LogP contribution in [0.3, 0.4) is 0 Å². The summed E-state index contributed by atoms with van der Waals surface area (Å²) < 4.78 is 0. The Morgan fingerprint density at radius 2 is 2.00 bits per heavy atom. The van der Waals surface area contributed by atoms with Crippen LogP contribution in [0.2, 0.25) is 0 Å². The van der Waals surface area contributed by atoms with Gasteiger partial charge in [-0.25, -0.2) is 5.43 Å². The second-order valence-electron chi connectivity index (χ2n) is 5.41. The molecule has 118 valence electrons. The highest BCUT2D eigenvalue weighted by Crippen LogP contribution is 2.11. The van der Waals surface area contributed by atoms with Gasteiger partial charge in [-0.15, -0.1) is 0 Å². The van der Waals surface area contributed by atoms with Crippen molar-refractivity contribution in [1.29, 1.82) is 0 Å². The number of aromatic hydroxyl groups is 1. The number of benzene rings is 1.